The second-order valence-electron chi connectivity index (χ2n) is 3.81. The van der Waals surface area contributed by atoms with Gasteiger partial charge in [0.05, 0.1) is 13.2 Å². The lowest BCUT2D eigenvalue weighted by atomic mass is 10.0. The monoisotopic (exact) mass is 283 g/mol. The summed E-state index contributed by atoms with van der Waals surface area (Å²) >= 11 is 5.92. The Balaban J connectivity index is 2.36. The SMILES string of the molecule is COC(=O)c1ccc(C(N)c2c(F)cccc2Cl)o1. The molecular formula is C13H11ClFNO3. The van der Waals surface area contributed by atoms with E-state index in [1.165, 1.54) is 37.4 Å². The third-order valence-corrected chi connectivity index (χ3v) is 2.96. The molecule has 4 nitrogen and oxygen atoms in total. The van der Waals surface area contributed by atoms with Gasteiger partial charge >= 0.3 is 5.97 Å². The van der Waals surface area contributed by atoms with Gasteiger partial charge in [0, 0.05) is 10.6 Å². The molecule has 0 spiro atoms. The maximum atomic E-state index is 13.7. The summed E-state index contributed by atoms with van der Waals surface area (Å²) < 4.78 is 23.5. The van der Waals surface area contributed by atoms with E-state index in [1.54, 1.807) is 0 Å². The van der Waals surface area contributed by atoms with Crippen LogP contribution in [0.5, 0.6) is 0 Å². The van der Waals surface area contributed by atoms with Gasteiger partial charge < -0.3 is 14.9 Å². The number of nitrogens with two attached hydrogens (primary N) is 1. The highest BCUT2D eigenvalue weighted by molar-refractivity contribution is 6.31. The Morgan fingerprint density at radius 1 is 1.42 bits per heavy atom. The summed E-state index contributed by atoms with van der Waals surface area (Å²) in [4.78, 5) is 11.3. The number of hydrogen-bond donors (Lipinski definition) is 1. The Morgan fingerprint density at radius 2 is 2.16 bits per heavy atom. The van der Waals surface area contributed by atoms with Crippen molar-refractivity contribution < 1.29 is 18.3 Å². The Kier molecular flexibility index (Phi) is 3.87. The van der Waals surface area contributed by atoms with E-state index in [-0.39, 0.29) is 22.1 Å². The molecule has 1 atom stereocenters. The first-order valence-corrected chi connectivity index (χ1v) is 5.80. The molecule has 0 aliphatic carbocycles. The first kappa shape index (κ1) is 13.6. The van der Waals surface area contributed by atoms with Crippen molar-refractivity contribution in [3.63, 3.8) is 0 Å². The average molecular weight is 284 g/mol. The molecule has 1 aromatic heterocycles. The molecule has 6 heteroatoms. The summed E-state index contributed by atoms with van der Waals surface area (Å²) in [5.41, 5.74) is 6.02. The molecule has 0 fully saturated rings. The predicted molar refractivity (Wildman–Crippen MR) is 67.5 cm³/mol. The number of methoxy groups -OCH3 is 1. The maximum absolute atomic E-state index is 13.7. The van der Waals surface area contributed by atoms with E-state index in [1.807, 2.05) is 0 Å². The summed E-state index contributed by atoms with van der Waals surface area (Å²) in [6.07, 6.45) is 0. The molecular weight excluding hydrogens is 273 g/mol. The van der Waals surface area contributed by atoms with Gasteiger partial charge in [0.25, 0.3) is 0 Å². The third-order valence-electron chi connectivity index (χ3n) is 2.63. The lowest BCUT2D eigenvalue weighted by Crippen LogP contribution is -2.13. The van der Waals surface area contributed by atoms with E-state index in [4.69, 9.17) is 21.8 Å². The molecule has 0 aliphatic rings. The van der Waals surface area contributed by atoms with Crippen LogP contribution in [-0.4, -0.2) is 13.1 Å². The van der Waals surface area contributed by atoms with Crippen LogP contribution >= 0.6 is 11.6 Å². The Labute approximate surface area is 113 Å². The van der Waals surface area contributed by atoms with E-state index in [0.717, 1.165) is 0 Å². The van der Waals surface area contributed by atoms with Crippen molar-refractivity contribution in [2.24, 2.45) is 5.73 Å². The van der Waals surface area contributed by atoms with E-state index in [9.17, 15) is 9.18 Å². The first-order valence-electron chi connectivity index (χ1n) is 5.42. The van der Waals surface area contributed by atoms with Gasteiger partial charge in [-0.05, 0) is 24.3 Å². The second kappa shape index (κ2) is 5.42. The summed E-state index contributed by atoms with van der Waals surface area (Å²) in [5, 5.41) is 0.198. The average Bonchev–Trinajstić information content (AvgIpc) is 2.87. The van der Waals surface area contributed by atoms with E-state index in [2.05, 4.69) is 4.74 Å². The zero-order chi connectivity index (χ0) is 14.0. The zero-order valence-electron chi connectivity index (χ0n) is 10.0. The molecule has 0 radical (unpaired) electrons. The number of ether oxygens (including phenoxy) is 1. The van der Waals surface area contributed by atoms with Gasteiger partial charge in [0.1, 0.15) is 11.6 Å². The maximum Gasteiger partial charge on any atom is 0.373 e. The summed E-state index contributed by atoms with van der Waals surface area (Å²) in [7, 11) is 1.23. The minimum atomic E-state index is -0.896. The number of hydrogen-bond acceptors (Lipinski definition) is 4. The molecule has 1 aromatic carbocycles. The van der Waals surface area contributed by atoms with Crippen LogP contribution in [0.4, 0.5) is 4.39 Å². The standard InChI is InChI=1S/C13H11ClFNO3/c1-18-13(17)10-6-5-9(19-10)12(16)11-7(14)3-2-4-8(11)15/h2-6,12H,16H2,1H3. The van der Waals surface area contributed by atoms with Crippen molar-refractivity contribution in [2.45, 2.75) is 6.04 Å². The second-order valence-corrected chi connectivity index (χ2v) is 4.21. The third kappa shape index (κ3) is 2.62. The highest BCUT2D eigenvalue weighted by Crippen LogP contribution is 2.29. The normalized spacial score (nSPS) is 12.2. The molecule has 2 rings (SSSR count). The van der Waals surface area contributed by atoms with E-state index in [0.29, 0.717) is 0 Å². The molecule has 100 valence electrons. The smallest absolute Gasteiger partial charge is 0.373 e. The van der Waals surface area contributed by atoms with Crippen LogP contribution in [0, 0.1) is 5.82 Å². The van der Waals surface area contributed by atoms with Gasteiger partial charge in [-0.2, -0.15) is 0 Å². The van der Waals surface area contributed by atoms with Crippen LogP contribution in [0.3, 0.4) is 0 Å². The molecule has 0 saturated heterocycles. The van der Waals surface area contributed by atoms with Crippen molar-refractivity contribution in [3.8, 4) is 0 Å². The molecule has 19 heavy (non-hydrogen) atoms. The van der Waals surface area contributed by atoms with E-state index < -0.39 is 17.8 Å². The van der Waals surface area contributed by atoms with Gasteiger partial charge in [-0.15, -0.1) is 0 Å². The Morgan fingerprint density at radius 3 is 2.79 bits per heavy atom. The number of furan rings is 1. The Hall–Kier alpha value is -1.85. The fraction of sp³-hybridized carbons (Fsp3) is 0.154. The molecule has 0 aliphatic heterocycles. The van der Waals surface area contributed by atoms with Gasteiger partial charge in [-0.1, -0.05) is 17.7 Å². The van der Waals surface area contributed by atoms with Crippen molar-refractivity contribution in [2.75, 3.05) is 7.11 Å². The fourth-order valence-corrected chi connectivity index (χ4v) is 1.96. The molecule has 1 heterocycles. The van der Waals surface area contributed by atoms with Crippen LogP contribution in [0.15, 0.2) is 34.7 Å². The van der Waals surface area contributed by atoms with Crippen LogP contribution in [0.2, 0.25) is 5.02 Å². The number of benzene rings is 1. The molecule has 2 N–H and O–H groups in total. The van der Waals surface area contributed by atoms with Crippen molar-refractivity contribution in [1.82, 2.24) is 0 Å². The number of halogens is 2. The zero-order valence-corrected chi connectivity index (χ0v) is 10.8. The van der Waals surface area contributed by atoms with Gasteiger partial charge in [-0.3, -0.25) is 0 Å². The number of carbonyl (C=O) groups is 1. The van der Waals surface area contributed by atoms with Crippen molar-refractivity contribution in [3.05, 3.63) is 58.3 Å². The lowest BCUT2D eigenvalue weighted by molar-refractivity contribution is 0.0562. The number of carbonyl (C=O) groups excluding carboxylic acids is 1. The fourth-order valence-electron chi connectivity index (χ4n) is 1.68. The molecule has 0 saturated carbocycles. The quantitative estimate of drug-likeness (QED) is 0.880. The van der Waals surface area contributed by atoms with Crippen molar-refractivity contribution in [1.29, 1.82) is 0 Å². The van der Waals surface area contributed by atoms with Crippen LogP contribution in [0.25, 0.3) is 0 Å². The largest absolute Gasteiger partial charge is 0.463 e. The molecule has 1 unspecified atom stereocenters. The number of rotatable bonds is 3. The molecule has 0 amide bonds. The van der Waals surface area contributed by atoms with E-state index >= 15 is 0 Å². The van der Waals surface area contributed by atoms with Gasteiger partial charge in [0.2, 0.25) is 5.76 Å². The minimum absolute atomic E-state index is 0.000381. The summed E-state index contributed by atoms with van der Waals surface area (Å²) in [6, 6.07) is 6.27. The molecule has 2 aromatic rings. The van der Waals surface area contributed by atoms with Gasteiger partial charge in [0.15, 0.2) is 0 Å². The highest BCUT2D eigenvalue weighted by atomic mass is 35.5. The summed E-state index contributed by atoms with van der Waals surface area (Å²) in [6.45, 7) is 0. The highest BCUT2D eigenvalue weighted by Gasteiger charge is 2.21. The first-order chi connectivity index (χ1) is 9.04. The number of esters is 1. The topological polar surface area (TPSA) is 65.5 Å². The predicted octanol–water partition coefficient (Wildman–Crippen LogP) is 2.91. The van der Waals surface area contributed by atoms with Crippen LogP contribution < -0.4 is 5.73 Å². The van der Waals surface area contributed by atoms with Gasteiger partial charge in [-0.25, -0.2) is 9.18 Å². The summed E-state index contributed by atoms with van der Waals surface area (Å²) in [5.74, 6) is -0.929. The molecule has 0 bridgehead atoms. The lowest BCUT2D eigenvalue weighted by Gasteiger charge is -2.12. The minimum Gasteiger partial charge on any atom is -0.463 e. The van der Waals surface area contributed by atoms with Crippen LogP contribution in [0.1, 0.15) is 27.9 Å². The Bertz CT molecular complexity index is 591. The van der Waals surface area contributed by atoms with Crippen molar-refractivity contribution >= 4 is 17.6 Å². The van der Waals surface area contributed by atoms with Crippen LogP contribution in [-0.2, 0) is 4.74 Å².